The standard InChI is InChI=1S/C20H18ClN3O5/c1-20(2,3)23-19(28)22-11-8-9-15(21)14(10-11)18(27)29-24-16(25)12-6-4-5-7-13(12)17(24)26/h4-10H,1-3H3,(H2,22,23,28). The molecule has 0 atom stereocenters. The van der Waals surface area contributed by atoms with Crippen molar-refractivity contribution in [1.82, 2.24) is 10.4 Å². The number of carbonyl (C=O) groups excluding carboxylic acids is 4. The molecular weight excluding hydrogens is 398 g/mol. The summed E-state index contributed by atoms with van der Waals surface area (Å²) in [4.78, 5) is 54.2. The van der Waals surface area contributed by atoms with Crippen molar-refractivity contribution in [2.45, 2.75) is 26.3 Å². The second kappa shape index (κ2) is 7.56. The van der Waals surface area contributed by atoms with Crippen molar-refractivity contribution >= 4 is 41.1 Å². The zero-order valence-corrected chi connectivity index (χ0v) is 16.7. The number of amides is 4. The Balaban J connectivity index is 1.77. The SMILES string of the molecule is CC(C)(C)NC(=O)Nc1ccc(Cl)c(C(=O)ON2C(=O)c3ccccc3C2=O)c1. The van der Waals surface area contributed by atoms with E-state index >= 15 is 0 Å². The zero-order chi connectivity index (χ0) is 21.3. The summed E-state index contributed by atoms with van der Waals surface area (Å²) in [6.07, 6.45) is 0. The minimum Gasteiger partial charge on any atom is -0.333 e. The lowest BCUT2D eigenvalue weighted by molar-refractivity contribution is -0.0584. The van der Waals surface area contributed by atoms with E-state index in [1.807, 2.05) is 20.8 Å². The number of hydrogen-bond donors (Lipinski definition) is 2. The van der Waals surface area contributed by atoms with Gasteiger partial charge in [-0.15, -0.1) is 0 Å². The number of nitrogens with zero attached hydrogens (tertiary/aromatic N) is 1. The first-order valence-corrected chi connectivity index (χ1v) is 9.03. The molecule has 0 bridgehead atoms. The Labute approximate surface area is 171 Å². The summed E-state index contributed by atoms with van der Waals surface area (Å²) in [5, 5.41) is 5.73. The first-order chi connectivity index (χ1) is 13.6. The Morgan fingerprint density at radius 2 is 1.59 bits per heavy atom. The molecule has 0 saturated heterocycles. The van der Waals surface area contributed by atoms with E-state index < -0.39 is 29.4 Å². The van der Waals surface area contributed by atoms with Crippen LogP contribution in [0.1, 0.15) is 51.8 Å². The summed E-state index contributed by atoms with van der Waals surface area (Å²) in [7, 11) is 0. The Kier molecular flexibility index (Phi) is 5.30. The van der Waals surface area contributed by atoms with Crippen molar-refractivity contribution in [3.63, 3.8) is 0 Å². The van der Waals surface area contributed by atoms with E-state index in [0.717, 1.165) is 0 Å². The first kappa shape index (κ1) is 20.3. The Bertz CT molecular complexity index is 994. The number of hydroxylamine groups is 2. The van der Waals surface area contributed by atoms with Crippen molar-refractivity contribution in [2.24, 2.45) is 0 Å². The fourth-order valence-corrected chi connectivity index (χ4v) is 2.84. The minimum absolute atomic E-state index is 0.0355. The number of hydrogen-bond acceptors (Lipinski definition) is 5. The lowest BCUT2D eigenvalue weighted by Crippen LogP contribution is -2.43. The van der Waals surface area contributed by atoms with E-state index in [2.05, 4.69) is 10.6 Å². The van der Waals surface area contributed by atoms with Gasteiger partial charge in [-0.2, -0.15) is 0 Å². The maximum absolute atomic E-state index is 12.5. The molecular formula is C20H18ClN3O5. The quantitative estimate of drug-likeness (QED) is 0.745. The molecule has 1 heterocycles. The summed E-state index contributed by atoms with van der Waals surface area (Å²) < 4.78 is 0. The molecule has 150 valence electrons. The van der Waals surface area contributed by atoms with Gasteiger partial charge in [0.2, 0.25) is 0 Å². The summed E-state index contributed by atoms with van der Waals surface area (Å²) in [5.74, 6) is -2.49. The molecule has 9 heteroatoms. The molecule has 0 spiro atoms. The maximum Gasteiger partial charge on any atom is 0.365 e. The van der Waals surface area contributed by atoms with Gasteiger partial charge in [0.1, 0.15) is 0 Å². The van der Waals surface area contributed by atoms with Gasteiger partial charge in [0.25, 0.3) is 11.8 Å². The molecule has 8 nitrogen and oxygen atoms in total. The van der Waals surface area contributed by atoms with Crippen molar-refractivity contribution in [1.29, 1.82) is 0 Å². The van der Waals surface area contributed by atoms with E-state index in [1.165, 1.54) is 30.3 Å². The molecule has 0 radical (unpaired) electrons. The number of fused-ring (bicyclic) bond motifs is 1. The van der Waals surface area contributed by atoms with Crippen LogP contribution in [0, 0.1) is 0 Å². The number of imide groups is 1. The van der Waals surface area contributed by atoms with E-state index in [-0.39, 0.29) is 27.4 Å². The van der Waals surface area contributed by atoms with Gasteiger partial charge in [0.15, 0.2) is 0 Å². The Morgan fingerprint density at radius 1 is 1.00 bits per heavy atom. The van der Waals surface area contributed by atoms with Crippen LogP contribution >= 0.6 is 11.6 Å². The molecule has 4 amide bonds. The molecule has 3 rings (SSSR count). The van der Waals surface area contributed by atoms with Crippen LogP contribution in [0.5, 0.6) is 0 Å². The molecule has 2 aromatic carbocycles. The van der Waals surface area contributed by atoms with Crippen molar-refractivity contribution < 1.29 is 24.0 Å². The topological polar surface area (TPSA) is 105 Å². The third kappa shape index (κ3) is 4.38. The van der Waals surface area contributed by atoms with Crippen LogP contribution in [-0.2, 0) is 4.84 Å². The number of benzene rings is 2. The lowest BCUT2D eigenvalue weighted by atomic mass is 10.1. The molecule has 0 aromatic heterocycles. The van der Waals surface area contributed by atoms with E-state index in [1.54, 1.807) is 12.1 Å². The van der Waals surface area contributed by atoms with Crippen LogP contribution in [0.25, 0.3) is 0 Å². The van der Waals surface area contributed by atoms with Crippen molar-refractivity contribution in [2.75, 3.05) is 5.32 Å². The summed E-state index contributed by atoms with van der Waals surface area (Å²) in [6.45, 7) is 5.46. The van der Waals surface area contributed by atoms with Crippen molar-refractivity contribution in [3.05, 3.63) is 64.2 Å². The van der Waals surface area contributed by atoms with Crippen LogP contribution in [0.3, 0.4) is 0 Å². The van der Waals surface area contributed by atoms with Gasteiger partial charge in [0.05, 0.1) is 21.7 Å². The third-order valence-electron chi connectivity index (χ3n) is 3.86. The van der Waals surface area contributed by atoms with E-state index in [4.69, 9.17) is 16.4 Å². The molecule has 1 aliphatic rings. The average molecular weight is 416 g/mol. The molecule has 1 aliphatic heterocycles. The van der Waals surface area contributed by atoms with E-state index in [0.29, 0.717) is 5.06 Å². The predicted molar refractivity (Wildman–Crippen MR) is 106 cm³/mol. The Hall–Kier alpha value is -3.39. The van der Waals surface area contributed by atoms with Gasteiger partial charge < -0.3 is 15.5 Å². The zero-order valence-electron chi connectivity index (χ0n) is 15.9. The molecule has 2 aromatic rings. The fourth-order valence-electron chi connectivity index (χ4n) is 2.64. The highest BCUT2D eigenvalue weighted by molar-refractivity contribution is 6.33. The third-order valence-corrected chi connectivity index (χ3v) is 4.19. The number of carbonyl (C=O) groups is 4. The van der Waals surface area contributed by atoms with Gasteiger partial charge in [-0.1, -0.05) is 28.8 Å². The maximum atomic E-state index is 12.5. The van der Waals surface area contributed by atoms with Crippen LogP contribution in [0.4, 0.5) is 10.5 Å². The monoisotopic (exact) mass is 415 g/mol. The summed E-state index contributed by atoms with van der Waals surface area (Å²) in [5.41, 5.74) is 0.00240. The van der Waals surface area contributed by atoms with Crippen LogP contribution < -0.4 is 10.6 Å². The van der Waals surface area contributed by atoms with E-state index in [9.17, 15) is 19.2 Å². The number of urea groups is 1. The van der Waals surface area contributed by atoms with Gasteiger partial charge in [-0.05, 0) is 51.1 Å². The molecule has 2 N–H and O–H groups in total. The van der Waals surface area contributed by atoms with Gasteiger partial charge in [0, 0.05) is 11.2 Å². The smallest absolute Gasteiger partial charge is 0.333 e. The van der Waals surface area contributed by atoms with Crippen molar-refractivity contribution in [3.8, 4) is 0 Å². The largest absolute Gasteiger partial charge is 0.365 e. The van der Waals surface area contributed by atoms with Crippen LogP contribution in [0.15, 0.2) is 42.5 Å². The molecule has 0 unspecified atom stereocenters. The van der Waals surface area contributed by atoms with Crippen LogP contribution in [-0.4, -0.2) is 34.4 Å². The predicted octanol–water partition coefficient (Wildman–Crippen LogP) is 3.63. The summed E-state index contributed by atoms with van der Waals surface area (Å²) in [6, 6.07) is 9.86. The number of rotatable bonds is 3. The molecule has 29 heavy (non-hydrogen) atoms. The minimum atomic E-state index is -1.01. The second-order valence-electron chi connectivity index (χ2n) is 7.35. The summed E-state index contributed by atoms with van der Waals surface area (Å²) >= 11 is 6.06. The molecule has 0 saturated carbocycles. The fraction of sp³-hybridized carbons (Fsp3) is 0.200. The second-order valence-corrected chi connectivity index (χ2v) is 7.76. The molecule has 0 aliphatic carbocycles. The highest BCUT2D eigenvalue weighted by Crippen LogP contribution is 2.26. The number of anilines is 1. The van der Waals surface area contributed by atoms with Crippen LogP contribution in [0.2, 0.25) is 5.02 Å². The number of halogens is 1. The average Bonchev–Trinajstić information content (AvgIpc) is 2.87. The number of nitrogens with one attached hydrogen (secondary N) is 2. The van der Waals surface area contributed by atoms with Gasteiger partial charge in [-0.3, -0.25) is 9.59 Å². The lowest BCUT2D eigenvalue weighted by Gasteiger charge is -2.21. The van der Waals surface area contributed by atoms with Gasteiger partial charge in [-0.25, -0.2) is 9.59 Å². The Morgan fingerprint density at radius 3 is 2.14 bits per heavy atom. The molecule has 0 fully saturated rings. The first-order valence-electron chi connectivity index (χ1n) is 8.65. The highest BCUT2D eigenvalue weighted by atomic mass is 35.5. The highest BCUT2D eigenvalue weighted by Gasteiger charge is 2.39. The normalized spacial score (nSPS) is 13.2. The van der Waals surface area contributed by atoms with Gasteiger partial charge >= 0.3 is 12.0 Å².